The number of rotatable bonds is 3. The van der Waals surface area contributed by atoms with E-state index in [4.69, 9.17) is 4.74 Å². The minimum atomic E-state index is -0.0598. The summed E-state index contributed by atoms with van der Waals surface area (Å²) in [5.74, 6) is -0.0598. The lowest BCUT2D eigenvalue weighted by Gasteiger charge is -2.20. The summed E-state index contributed by atoms with van der Waals surface area (Å²) < 4.78 is 4.94. The molecule has 2 unspecified atom stereocenters. The van der Waals surface area contributed by atoms with Gasteiger partial charge in [-0.1, -0.05) is 21.6 Å². The van der Waals surface area contributed by atoms with E-state index in [9.17, 15) is 4.79 Å². The molecule has 1 fully saturated rings. The van der Waals surface area contributed by atoms with Crippen LogP contribution in [0.1, 0.15) is 39.0 Å². The van der Waals surface area contributed by atoms with Crippen LogP contribution < -0.4 is 5.09 Å². The van der Waals surface area contributed by atoms with Crippen LogP contribution in [0.4, 0.5) is 0 Å². The average Bonchev–Trinajstić information content (AvgIpc) is 2.10. The summed E-state index contributed by atoms with van der Waals surface area (Å²) in [6.45, 7) is 2.35. The zero-order chi connectivity index (χ0) is 10.2. The molecule has 14 heavy (non-hydrogen) atoms. The van der Waals surface area contributed by atoms with E-state index in [1.807, 2.05) is 6.92 Å². The predicted molar refractivity (Wildman–Crippen MR) is 59.8 cm³/mol. The van der Waals surface area contributed by atoms with Crippen LogP contribution in [0.5, 0.6) is 0 Å². The first kappa shape index (κ1) is 11.9. The first-order valence-electron chi connectivity index (χ1n) is 5.47. The van der Waals surface area contributed by atoms with Crippen LogP contribution in [0.3, 0.4) is 0 Å². The summed E-state index contributed by atoms with van der Waals surface area (Å²) >= 11 is 0. The third-order valence-corrected chi connectivity index (χ3v) is 3.59. The summed E-state index contributed by atoms with van der Waals surface area (Å²) in [4.78, 5) is 11.3. The van der Waals surface area contributed by atoms with Crippen molar-refractivity contribution in [3.63, 3.8) is 0 Å². The highest BCUT2D eigenvalue weighted by molar-refractivity contribution is 7.35. The van der Waals surface area contributed by atoms with Gasteiger partial charge in [0.15, 0.2) is 0 Å². The Balaban J connectivity index is 2.22. The molecule has 0 spiro atoms. The molecule has 0 aliphatic carbocycles. The van der Waals surface area contributed by atoms with Crippen molar-refractivity contribution in [2.24, 2.45) is 0 Å². The maximum Gasteiger partial charge on any atom is 0.307 e. The molecule has 1 saturated heterocycles. The smallest absolute Gasteiger partial charge is 0.307 e. The van der Waals surface area contributed by atoms with Crippen LogP contribution in [0.2, 0.25) is 0 Å². The fraction of sp³-hybridized carbons (Fsp3) is 0.900. The minimum Gasteiger partial charge on any atom is -0.466 e. The molecule has 1 heterocycles. The molecule has 3 nitrogen and oxygen atoms in total. The maximum absolute atomic E-state index is 11.3. The van der Waals surface area contributed by atoms with Gasteiger partial charge in [0.2, 0.25) is 0 Å². The molecule has 4 heteroatoms. The van der Waals surface area contributed by atoms with Gasteiger partial charge in [0.05, 0.1) is 13.0 Å². The fourth-order valence-electron chi connectivity index (χ4n) is 1.64. The number of carbonyl (C=O) groups excluding carboxylic acids is 1. The molecule has 1 aliphatic heterocycles. The van der Waals surface area contributed by atoms with E-state index in [2.05, 4.69) is 5.09 Å². The lowest BCUT2D eigenvalue weighted by molar-refractivity contribution is -0.143. The highest BCUT2D eigenvalue weighted by Gasteiger charge is 2.15. The summed E-state index contributed by atoms with van der Waals surface area (Å²) in [5.41, 5.74) is 0. The van der Waals surface area contributed by atoms with Crippen molar-refractivity contribution in [3.8, 4) is 0 Å². The zero-order valence-corrected chi connectivity index (χ0v) is 9.84. The minimum absolute atomic E-state index is 0.0598. The molecule has 0 saturated carbocycles. The highest BCUT2D eigenvalue weighted by atomic mass is 31.1. The molecule has 0 amide bonds. The monoisotopic (exact) mass is 217 g/mol. The second-order valence-corrected chi connectivity index (χ2v) is 4.77. The van der Waals surface area contributed by atoms with Gasteiger partial charge >= 0.3 is 5.97 Å². The van der Waals surface area contributed by atoms with Crippen molar-refractivity contribution in [1.82, 2.24) is 5.09 Å². The summed E-state index contributed by atoms with van der Waals surface area (Å²) in [6, 6.07) is 0.354. The lowest BCUT2D eigenvalue weighted by Crippen LogP contribution is -2.27. The molecule has 1 aliphatic rings. The van der Waals surface area contributed by atoms with E-state index in [-0.39, 0.29) is 5.97 Å². The molecule has 0 bridgehead atoms. The molecule has 82 valence electrons. The third-order valence-electron chi connectivity index (χ3n) is 2.38. The van der Waals surface area contributed by atoms with Gasteiger partial charge in [0.25, 0.3) is 0 Å². The Labute approximate surface area is 87.8 Å². The van der Waals surface area contributed by atoms with E-state index in [0.29, 0.717) is 19.1 Å². The van der Waals surface area contributed by atoms with E-state index in [1.54, 1.807) is 0 Å². The van der Waals surface area contributed by atoms with Gasteiger partial charge in [-0.05, 0) is 25.9 Å². The van der Waals surface area contributed by atoms with Gasteiger partial charge < -0.3 is 4.74 Å². The Hall–Kier alpha value is -0.140. The third kappa shape index (κ3) is 4.92. The topological polar surface area (TPSA) is 38.3 Å². The van der Waals surface area contributed by atoms with E-state index < -0.39 is 0 Å². The summed E-state index contributed by atoms with van der Waals surface area (Å²) in [5, 5.41) is 3.44. The van der Waals surface area contributed by atoms with Crippen LogP contribution in [-0.4, -0.2) is 24.8 Å². The van der Waals surface area contributed by atoms with E-state index in [1.165, 1.54) is 25.4 Å². The molecule has 2 atom stereocenters. The molecule has 0 aromatic heterocycles. The summed E-state index contributed by atoms with van der Waals surface area (Å²) in [7, 11) is 0.814. The molecular formula is C10H20NO2P. The van der Waals surface area contributed by atoms with Crippen molar-refractivity contribution in [2.45, 2.75) is 45.1 Å². The molecule has 0 aromatic carbocycles. The normalized spacial score (nSPS) is 25.4. The first-order valence-corrected chi connectivity index (χ1v) is 6.67. The van der Waals surface area contributed by atoms with E-state index in [0.717, 1.165) is 15.2 Å². The second kappa shape index (κ2) is 7.19. The van der Waals surface area contributed by atoms with Crippen LogP contribution in [-0.2, 0) is 9.53 Å². The van der Waals surface area contributed by atoms with Gasteiger partial charge in [-0.3, -0.25) is 9.88 Å². The Bertz CT molecular complexity index is 168. The Morgan fingerprint density at radius 2 is 2.36 bits per heavy atom. The zero-order valence-electron chi connectivity index (χ0n) is 8.84. The van der Waals surface area contributed by atoms with Crippen molar-refractivity contribution >= 4 is 14.7 Å². The quantitative estimate of drug-likeness (QED) is 0.581. The van der Waals surface area contributed by atoms with Crippen LogP contribution in [0.15, 0.2) is 0 Å². The van der Waals surface area contributed by atoms with Crippen LogP contribution in [0.25, 0.3) is 0 Å². The number of esters is 1. The number of carbonyl (C=O) groups is 1. The average molecular weight is 217 g/mol. The van der Waals surface area contributed by atoms with Crippen molar-refractivity contribution in [2.75, 3.05) is 12.8 Å². The SMILES string of the molecule is CCOC(=O)CC1CCCCCPN1. The van der Waals surface area contributed by atoms with Crippen molar-refractivity contribution in [1.29, 1.82) is 0 Å². The van der Waals surface area contributed by atoms with Gasteiger partial charge in [-0.2, -0.15) is 0 Å². The van der Waals surface area contributed by atoms with Crippen LogP contribution >= 0.6 is 8.73 Å². The molecule has 1 rings (SSSR count). The molecule has 0 aromatic rings. The number of hydrogen-bond donors (Lipinski definition) is 1. The second-order valence-electron chi connectivity index (χ2n) is 3.63. The largest absolute Gasteiger partial charge is 0.466 e. The molecular weight excluding hydrogens is 197 g/mol. The lowest BCUT2D eigenvalue weighted by atomic mass is 10.1. The number of nitrogens with one attached hydrogen (secondary N) is 1. The van der Waals surface area contributed by atoms with Gasteiger partial charge in [0, 0.05) is 6.04 Å². The van der Waals surface area contributed by atoms with Gasteiger partial charge in [-0.25, -0.2) is 0 Å². The van der Waals surface area contributed by atoms with E-state index >= 15 is 0 Å². The molecule has 1 N–H and O–H groups in total. The molecule has 0 radical (unpaired) electrons. The standard InChI is InChI=1S/C10H20NO2P/c1-2-13-10(12)8-9-6-4-3-5-7-14-11-9/h9,11,14H,2-8H2,1H3. The highest BCUT2D eigenvalue weighted by Crippen LogP contribution is 2.19. The van der Waals surface area contributed by atoms with Crippen LogP contribution in [0, 0.1) is 0 Å². The fourth-order valence-corrected chi connectivity index (χ4v) is 2.75. The van der Waals surface area contributed by atoms with Gasteiger partial charge in [0.1, 0.15) is 0 Å². The summed E-state index contributed by atoms with van der Waals surface area (Å²) in [6.07, 6.45) is 6.80. The number of ether oxygens (including phenoxy) is 1. The number of hydrogen-bond acceptors (Lipinski definition) is 3. The van der Waals surface area contributed by atoms with Gasteiger partial charge in [-0.15, -0.1) is 0 Å². The first-order chi connectivity index (χ1) is 6.83. The Morgan fingerprint density at radius 1 is 1.50 bits per heavy atom. The van der Waals surface area contributed by atoms with Crippen molar-refractivity contribution in [3.05, 3.63) is 0 Å². The Kier molecular flexibility index (Phi) is 6.13. The van der Waals surface area contributed by atoms with Crippen molar-refractivity contribution < 1.29 is 9.53 Å². The Morgan fingerprint density at radius 3 is 3.14 bits per heavy atom. The maximum atomic E-state index is 11.3. The predicted octanol–water partition coefficient (Wildman–Crippen LogP) is 2.07.